The molecule has 1 aromatic carbocycles. The molecular weight excluding hydrogens is 371 g/mol. The number of nitrogens with two attached hydrogens (primary N) is 1. The summed E-state index contributed by atoms with van der Waals surface area (Å²) in [5.74, 6) is 0.307. The first kappa shape index (κ1) is 14.7. The lowest BCUT2D eigenvalue weighted by molar-refractivity contribution is 0.631. The Morgan fingerprint density at radius 3 is 2.59 bits per heavy atom. The maximum absolute atomic E-state index is 13.9. The Balaban J connectivity index is 1.88. The number of thiazole rings is 1. The lowest BCUT2D eigenvalue weighted by atomic mass is 10.3. The molecule has 0 saturated heterocycles. The maximum Gasteiger partial charge on any atom is 0.188 e. The largest absolute Gasteiger partial charge is 0.393 e. The molecule has 6 nitrogen and oxygen atoms in total. The van der Waals surface area contributed by atoms with E-state index in [2.05, 4.69) is 41.5 Å². The second kappa shape index (κ2) is 6.24. The molecule has 0 amide bonds. The summed E-state index contributed by atoms with van der Waals surface area (Å²) in [7, 11) is 0. The third-order valence-corrected chi connectivity index (χ3v) is 3.91. The van der Waals surface area contributed by atoms with Crippen molar-refractivity contribution in [3.05, 3.63) is 46.4 Å². The van der Waals surface area contributed by atoms with Crippen LogP contribution >= 0.6 is 27.3 Å². The number of nitrogens with one attached hydrogen (secondary N) is 2. The first-order chi connectivity index (χ1) is 10.6. The summed E-state index contributed by atoms with van der Waals surface area (Å²) in [5, 5.41) is 8.34. The molecule has 4 N–H and O–H groups in total. The highest BCUT2D eigenvalue weighted by molar-refractivity contribution is 9.10. The van der Waals surface area contributed by atoms with Gasteiger partial charge in [-0.25, -0.2) is 19.3 Å². The van der Waals surface area contributed by atoms with Crippen LogP contribution in [0.5, 0.6) is 0 Å². The molecule has 2 aromatic heterocycles. The summed E-state index contributed by atoms with van der Waals surface area (Å²) >= 11 is 4.62. The third-order valence-electron chi connectivity index (χ3n) is 2.73. The number of rotatable bonds is 4. The summed E-state index contributed by atoms with van der Waals surface area (Å²) in [6.45, 7) is 0. The van der Waals surface area contributed by atoms with Gasteiger partial charge in [0, 0.05) is 16.0 Å². The van der Waals surface area contributed by atoms with Gasteiger partial charge in [-0.3, -0.25) is 0 Å². The SMILES string of the molecule is Nc1c(Nc2nccs2)ncnc1Nc1ccc(Br)cc1F. The topological polar surface area (TPSA) is 88.8 Å². The number of nitrogens with zero attached hydrogens (tertiary/aromatic N) is 3. The zero-order valence-electron chi connectivity index (χ0n) is 11.0. The van der Waals surface area contributed by atoms with Gasteiger partial charge in [-0.15, -0.1) is 11.3 Å². The smallest absolute Gasteiger partial charge is 0.188 e. The molecule has 3 aromatic rings. The van der Waals surface area contributed by atoms with Crippen molar-refractivity contribution in [2.45, 2.75) is 0 Å². The Hall–Kier alpha value is -2.26. The van der Waals surface area contributed by atoms with Crippen molar-refractivity contribution in [3.8, 4) is 0 Å². The fraction of sp³-hybridized carbons (Fsp3) is 0. The van der Waals surface area contributed by atoms with Crippen LogP contribution in [0.15, 0.2) is 40.6 Å². The Morgan fingerprint density at radius 1 is 1.14 bits per heavy atom. The Kier molecular flexibility index (Phi) is 4.16. The number of halogens is 2. The molecule has 112 valence electrons. The summed E-state index contributed by atoms with van der Waals surface area (Å²) in [6, 6.07) is 4.67. The van der Waals surface area contributed by atoms with Gasteiger partial charge in [0.1, 0.15) is 17.8 Å². The van der Waals surface area contributed by atoms with Crippen LogP contribution in [0.25, 0.3) is 0 Å². The highest BCUT2D eigenvalue weighted by Gasteiger charge is 2.11. The number of aromatic nitrogens is 3. The molecule has 0 aliphatic carbocycles. The molecule has 0 aliphatic rings. The Bertz CT molecular complexity index is 795. The second-order valence-electron chi connectivity index (χ2n) is 4.20. The molecule has 2 heterocycles. The Labute approximate surface area is 137 Å². The van der Waals surface area contributed by atoms with Gasteiger partial charge in [0.15, 0.2) is 16.8 Å². The zero-order chi connectivity index (χ0) is 15.5. The molecule has 22 heavy (non-hydrogen) atoms. The van der Waals surface area contributed by atoms with E-state index in [4.69, 9.17) is 5.73 Å². The van der Waals surface area contributed by atoms with Gasteiger partial charge in [0.2, 0.25) is 0 Å². The van der Waals surface area contributed by atoms with E-state index in [0.29, 0.717) is 21.2 Å². The molecular formula is C13H10BrFN6S. The third kappa shape index (κ3) is 3.15. The van der Waals surface area contributed by atoms with Crippen molar-refractivity contribution in [2.24, 2.45) is 0 Å². The predicted octanol–water partition coefficient (Wildman–Crippen LogP) is 3.90. The summed E-state index contributed by atoms with van der Waals surface area (Å²) in [5.41, 5.74) is 6.57. The van der Waals surface area contributed by atoms with Crippen LogP contribution in [0.2, 0.25) is 0 Å². The van der Waals surface area contributed by atoms with Gasteiger partial charge in [-0.2, -0.15) is 0 Å². The van der Waals surface area contributed by atoms with E-state index in [1.54, 1.807) is 18.3 Å². The highest BCUT2D eigenvalue weighted by atomic mass is 79.9. The number of anilines is 5. The van der Waals surface area contributed by atoms with Crippen LogP contribution in [0.1, 0.15) is 0 Å². The molecule has 0 atom stereocenters. The average Bonchev–Trinajstić information content (AvgIpc) is 2.99. The van der Waals surface area contributed by atoms with Gasteiger partial charge < -0.3 is 16.4 Å². The normalized spacial score (nSPS) is 10.5. The summed E-state index contributed by atoms with van der Waals surface area (Å²) in [4.78, 5) is 12.2. The van der Waals surface area contributed by atoms with Crippen LogP contribution in [0.3, 0.4) is 0 Å². The first-order valence-corrected chi connectivity index (χ1v) is 7.80. The second-order valence-corrected chi connectivity index (χ2v) is 6.01. The van der Waals surface area contributed by atoms with E-state index in [-0.39, 0.29) is 11.4 Å². The molecule has 9 heteroatoms. The van der Waals surface area contributed by atoms with Crippen LogP contribution in [-0.2, 0) is 0 Å². The molecule has 0 fully saturated rings. The fourth-order valence-electron chi connectivity index (χ4n) is 1.70. The highest BCUT2D eigenvalue weighted by Crippen LogP contribution is 2.30. The van der Waals surface area contributed by atoms with Crippen molar-refractivity contribution in [3.63, 3.8) is 0 Å². The van der Waals surface area contributed by atoms with Crippen molar-refractivity contribution < 1.29 is 4.39 Å². The number of nitrogen functional groups attached to an aromatic ring is 1. The summed E-state index contributed by atoms with van der Waals surface area (Å²) in [6.07, 6.45) is 3.01. The molecule has 0 saturated carbocycles. The fourth-order valence-corrected chi connectivity index (χ4v) is 2.56. The number of benzene rings is 1. The molecule has 3 rings (SSSR count). The molecule has 0 spiro atoms. The van der Waals surface area contributed by atoms with Gasteiger partial charge in [-0.05, 0) is 18.2 Å². The minimum absolute atomic E-state index is 0.272. The van der Waals surface area contributed by atoms with Gasteiger partial charge in [0.05, 0.1) is 5.69 Å². The Morgan fingerprint density at radius 2 is 1.91 bits per heavy atom. The minimum atomic E-state index is -0.415. The van der Waals surface area contributed by atoms with E-state index >= 15 is 0 Å². The first-order valence-electron chi connectivity index (χ1n) is 6.12. The minimum Gasteiger partial charge on any atom is -0.393 e. The lowest BCUT2D eigenvalue weighted by Gasteiger charge is -2.12. The molecule has 0 bridgehead atoms. The van der Waals surface area contributed by atoms with Gasteiger partial charge >= 0.3 is 0 Å². The van der Waals surface area contributed by atoms with Crippen LogP contribution < -0.4 is 16.4 Å². The van der Waals surface area contributed by atoms with E-state index in [9.17, 15) is 4.39 Å². The molecule has 0 unspecified atom stereocenters. The molecule has 0 aliphatic heterocycles. The van der Waals surface area contributed by atoms with Crippen LogP contribution in [-0.4, -0.2) is 15.0 Å². The lowest BCUT2D eigenvalue weighted by Crippen LogP contribution is -2.05. The summed E-state index contributed by atoms with van der Waals surface area (Å²) < 4.78 is 14.5. The van der Waals surface area contributed by atoms with Crippen LogP contribution in [0, 0.1) is 5.82 Å². The number of hydrogen-bond acceptors (Lipinski definition) is 7. The van der Waals surface area contributed by atoms with Crippen molar-refractivity contribution >= 4 is 55.4 Å². The van der Waals surface area contributed by atoms with Crippen molar-refractivity contribution in [1.29, 1.82) is 0 Å². The zero-order valence-corrected chi connectivity index (χ0v) is 13.4. The van der Waals surface area contributed by atoms with Crippen molar-refractivity contribution in [2.75, 3.05) is 16.4 Å². The quantitative estimate of drug-likeness (QED) is 0.635. The monoisotopic (exact) mass is 380 g/mol. The molecule has 0 radical (unpaired) electrons. The standard InChI is InChI=1S/C13H10BrFN6S/c14-7-1-2-9(8(15)5-7)20-11-10(16)12(19-6-18-11)21-13-17-3-4-22-13/h1-6H,16H2,(H2,17,18,19,20,21). The van der Waals surface area contributed by atoms with Gasteiger partial charge in [0.25, 0.3) is 0 Å². The van der Waals surface area contributed by atoms with E-state index < -0.39 is 5.82 Å². The van der Waals surface area contributed by atoms with E-state index in [0.717, 1.165) is 0 Å². The van der Waals surface area contributed by atoms with E-state index in [1.807, 2.05) is 5.38 Å². The van der Waals surface area contributed by atoms with Crippen molar-refractivity contribution in [1.82, 2.24) is 15.0 Å². The van der Waals surface area contributed by atoms with Crippen LogP contribution in [0.4, 0.5) is 32.5 Å². The predicted molar refractivity (Wildman–Crippen MR) is 89.2 cm³/mol. The maximum atomic E-state index is 13.9. The van der Waals surface area contributed by atoms with E-state index in [1.165, 1.54) is 23.7 Å². The number of hydrogen-bond donors (Lipinski definition) is 3. The van der Waals surface area contributed by atoms with Gasteiger partial charge in [-0.1, -0.05) is 15.9 Å². The average molecular weight is 381 g/mol.